The molecule has 7 heteroatoms. The standard InChI is InChI=1S/C20H12F6O/c1-11-2-4-12(5-3-11)14-7-8-15(19(24)18(14)23)20(25,26)27-13-6-9-16(21)17(22)10-13/h2-10H,1H3. The van der Waals surface area contributed by atoms with E-state index in [-0.39, 0.29) is 5.56 Å². The minimum atomic E-state index is -4.30. The predicted octanol–water partition coefficient (Wildman–Crippen LogP) is 6.35. The second-order valence-electron chi connectivity index (χ2n) is 5.85. The Hall–Kier alpha value is -2.96. The Bertz CT molecular complexity index is 983. The number of hydrogen-bond acceptors (Lipinski definition) is 1. The van der Waals surface area contributed by atoms with Crippen molar-refractivity contribution in [3.05, 3.63) is 89.0 Å². The first-order valence-corrected chi connectivity index (χ1v) is 7.76. The smallest absolute Gasteiger partial charge is 0.429 e. The van der Waals surface area contributed by atoms with Crippen molar-refractivity contribution in [1.29, 1.82) is 0 Å². The van der Waals surface area contributed by atoms with Crippen molar-refractivity contribution >= 4 is 0 Å². The number of ether oxygens (including phenoxy) is 1. The summed E-state index contributed by atoms with van der Waals surface area (Å²) >= 11 is 0. The second-order valence-corrected chi connectivity index (χ2v) is 5.85. The van der Waals surface area contributed by atoms with Gasteiger partial charge in [-0.15, -0.1) is 0 Å². The zero-order chi connectivity index (χ0) is 19.8. The molecule has 0 radical (unpaired) electrons. The van der Waals surface area contributed by atoms with Crippen LogP contribution in [0.5, 0.6) is 5.75 Å². The highest BCUT2D eigenvalue weighted by Crippen LogP contribution is 2.36. The molecule has 0 amide bonds. The number of aryl methyl sites for hydroxylation is 1. The third-order valence-corrected chi connectivity index (χ3v) is 3.90. The summed E-state index contributed by atoms with van der Waals surface area (Å²) in [5, 5.41) is 0. The maximum absolute atomic E-state index is 14.4. The van der Waals surface area contributed by atoms with Crippen molar-refractivity contribution in [2.24, 2.45) is 0 Å². The van der Waals surface area contributed by atoms with Crippen LogP contribution in [-0.2, 0) is 6.11 Å². The molecule has 0 saturated carbocycles. The molecule has 0 fully saturated rings. The van der Waals surface area contributed by atoms with Gasteiger partial charge in [0.25, 0.3) is 0 Å². The number of halogens is 6. The summed E-state index contributed by atoms with van der Waals surface area (Å²) in [6.07, 6.45) is -4.30. The minimum Gasteiger partial charge on any atom is -0.429 e. The summed E-state index contributed by atoms with van der Waals surface area (Å²) in [7, 11) is 0. The van der Waals surface area contributed by atoms with Crippen LogP contribution in [0, 0.1) is 30.2 Å². The highest BCUT2D eigenvalue weighted by atomic mass is 19.3. The number of rotatable bonds is 4. The summed E-state index contributed by atoms with van der Waals surface area (Å²) < 4.78 is 87.5. The topological polar surface area (TPSA) is 9.23 Å². The molecule has 3 aromatic rings. The lowest BCUT2D eigenvalue weighted by Crippen LogP contribution is -2.24. The van der Waals surface area contributed by atoms with Gasteiger partial charge in [-0.25, -0.2) is 17.6 Å². The summed E-state index contributed by atoms with van der Waals surface area (Å²) in [4.78, 5) is 0. The normalized spacial score (nSPS) is 11.5. The van der Waals surface area contributed by atoms with E-state index in [9.17, 15) is 26.3 Å². The Morgan fingerprint density at radius 3 is 2.04 bits per heavy atom. The molecule has 0 spiro atoms. The predicted molar refractivity (Wildman–Crippen MR) is 87.4 cm³/mol. The van der Waals surface area contributed by atoms with Gasteiger partial charge in [0, 0.05) is 11.6 Å². The number of alkyl halides is 2. The maximum Gasteiger partial charge on any atom is 0.429 e. The summed E-state index contributed by atoms with van der Waals surface area (Å²) in [5.41, 5.74) is -0.350. The average molecular weight is 382 g/mol. The van der Waals surface area contributed by atoms with Gasteiger partial charge in [0.15, 0.2) is 23.3 Å². The molecule has 0 aliphatic carbocycles. The maximum atomic E-state index is 14.4. The zero-order valence-electron chi connectivity index (χ0n) is 13.9. The lowest BCUT2D eigenvalue weighted by atomic mass is 10.0. The molecule has 3 aromatic carbocycles. The summed E-state index contributed by atoms with van der Waals surface area (Å²) in [5.74, 6) is -6.66. The van der Waals surface area contributed by atoms with Crippen LogP contribution in [-0.4, -0.2) is 0 Å². The van der Waals surface area contributed by atoms with E-state index in [1.54, 1.807) is 19.1 Å². The second kappa shape index (κ2) is 6.98. The van der Waals surface area contributed by atoms with E-state index >= 15 is 0 Å². The molecular weight excluding hydrogens is 370 g/mol. The van der Waals surface area contributed by atoms with E-state index in [0.717, 1.165) is 17.7 Å². The van der Waals surface area contributed by atoms with E-state index in [4.69, 9.17) is 0 Å². The molecule has 27 heavy (non-hydrogen) atoms. The molecule has 0 unspecified atom stereocenters. The van der Waals surface area contributed by atoms with Gasteiger partial charge in [-0.1, -0.05) is 35.9 Å². The van der Waals surface area contributed by atoms with E-state index in [1.807, 2.05) is 0 Å². The number of hydrogen-bond donors (Lipinski definition) is 0. The van der Waals surface area contributed by atoms with E-state index in [1.165, 1.54) is 12.1 Å². The molecule has 0 heterocycles. The molecule has 0 aliphatic rings. The third kappa shape index (κ3) is 3.77. The van der Waals surface area contributed by atoms with Gasteiger partial charge in [0.2, 0.25) is 0 Å². The van der Waals surface area contributed by atoms with Crippen molar-refractivity contribution in [3.63, 3.8) is 0 Å². The first kappa shape index (κ1) is 18.8. The van der Waals surface area contributed by atoms with Crippen molar-refractivity contribution in [2.75, 3.05) is 0 Å². The SMILES string of the molecule is Cc1ccc(-c2ccc(C(F)(F)Oc3ccc(F)c(F)c3)c(F)c2F)cc1. The van der Waals surface area contributed by atoms with E-state index in [2.05, 4.69) is 4.74 Å². The Morgan fingerprint density at radius 2 is 1.41 bits per heavy atom. The van der Waals surface area contributed by atoms with Gasteiger partial charge >= 0.3 is 6.11 Å². The fraction of sp³-hybridized carbons (Fsp3) is 0.100. The monoisotopic (exact) mass is 382 g/mol. The summed E-state index contributed by atoms with van der Waals surface area (Å²) in [6, 6.07) is 9.81. The highest BCUT2D eigenvalue weighted by Gasteiger charge is 2.39. The lowest BCUT2D eigenvalue weighted by molar-refractivity contribution is -0.187. The molecule has 140 valence electrons. The van der Waals surface area contributed by atoms with Gasteiger partial charge in [-0.2, -0.15) is 8.78 Å². The minimum absolute atomic E-state index is 0.195. The Morgan fingerprint density at radius 1 is 0.741 bits per heavy atom. The first-order chi connectivity index (χ1) is 12.7. The third-order valence-electron chi connectivity index (χ3n) is 3.90. The van der Waals surface area contributed by atoms with Crippen molar-refractivity contribution in [1.82, 2.24) is 0 Å². The molecule has 0 atom stereocenters. The molecule has 0 aromatic heterocycles. The average Bonchev–Trinajstić information content (AvgIpc) is 2.61. The Balaban J connectivity index is 1.97. The van der Waals surface area contributed by atoms with Gasteiger partial charge in [0.1, 0.15) is 11.3 Å². The van der Waals surface area contributed by atoms with Crippen LogP contribution in [0.3, 0.4) is 0 Å². The Labute approximate surface area is 150 Å². The largest absolute Gasteiger partial charge is 0.429 e. The van der Waals surface area contributed by atoms with Crippen molar-refractivity contribution < 1.29 is 31.1 Å². The van der Waals surface area contributed by atoms with Gasteiger partial charge in [0.05, 0.1) is 0 Å². The van der Waals surface area contributed by atoms with Gasteiger partial charge in [-0.3, -0.25) is 0 Å². The van der Waals surface area contributed by atoms with Crippen LogP contribution in [0.2, 0.25) is 0 Å². The molecule has 1 nitrogen and oxygen atoms in total. The molecular formula is C20H12F6O. The van der Waals surface area contributed by atoms with Crippen LogP contribution in [0.15, 0.2) is 54.6 Å². The van der Waals surface area contributed by atoms with Gasteiger partial charge < -0.3 is 4.74 Å². The summed E-state index contributed by atoms with van der Waals surface area (Å²) in [6.45, 7) is 1.81. The zero-order valence-corrected chi connectivity index (χ0v) is 13.9. The highest BCUT2D eigenvalue weighted by molar-refractivity contribution is 5.65. The van der Waals surface area contributed by atoms with Crippen molar-refractivity contribution in [3.8, 4) is 16.9 Å². The quantitative estimate of drug-likeness (QED) is 0.478. The number of benzene rings is 3. The molecule has 0 N–H and O–H groups in total. The molecule has 0 aliphatic heterocycles. The molecule has 3 rings (SSSR count). The van der Waals surface area contributed by atoms with Crippen LogP contribution >= 0.6 is 0 Å². The van der Waals surface area contributed by atoms with Gasteiger partial charge in [-0.05, 0) is 30.7 Å². The molecule has 0 saturated heterocycles. The van der Waals surface area contributed by atoms with Crippen LogP contribution in [0.4, 0.5) is 26.3 Å². The van der Waals surface area contributed by atoms with E-state index in [0.29, 0.717) is 23.8 Å². The van der Waals surface area contributed by atoms with Crippen LogP contribution in [0.1, 0.15) is 11.1 Å². The Kier molecular flexibility index (Phi) is 4.87. The van der Waals surface area contributed by atoms with Crippen molar-refractivity contribution in [2.45, 2.75) is 13.0 Å². The van der Waals surface area contributed by atoms with Crippen LogP contribution < -0.4 is 4.74 Å². The molecule has 0 bridgehead atoms. The fourth-order valence-electron chi connectivity index (χ4n) is 2.47. The first-order valence-electron chi connectivity index (χ1n) is 7.76. The van der Waals surface area contributed by atoms with E-state index < -0.39 is 40.7 Å². The fourth-order valence-corrected chi connectivity index (χ4v) is 2.47. The van der Waals surface area contributed by atoms with Crippen LogP contribution in [0.25, 0.3) is 11.1 Å². The lowest BCUT2D eigenvalue weighted by Gasteiger charge is -2.20.